The molecule has 1 atom stereocenters. The third-order valence-electron chi connectivity index (χ3n) is 1.67. The predicted octanol–water partition coefficient (Wildman–Crippen LogP) is -1.08. The lowest BCUT2D eigenvalue weighted by atomic mass is 9.80. The molecular weight excluding hydrogens is 169 g/mol. The SMILES string of the molecule is N#C[C@H](O)c1ccc(B(O)O)cc1. The van der Waals surface area contributed by atoms with E-state index in [0.29, 0.717) is 11.0 Å². The molecule has 13 heavy (non-hydrogen) atoms. The van der Waals surface area contributed by atoms with Gasteiger partial charge in [0.1, 0.15) is 0 Å². The van der Waals surface area contributed by atoms with Gasteiger partial charge >= 0.3 is 7.12 Å². The highest BCUT2D eigenvalue weighted by Crippen LogP contribution is 2.09. The van der Waals surface area contributed by atoms with Crippen LogP contribution in [0.25, 0.3) is 0 Å². The van der Waals surface area contributed by atoms with Crippen LogP contribution in [-0.2, 0) is 0 Å². The zero-order valence-electron chi connectivity index (χ0n) is 6.75. The molecule has 0 fully saturated rings. The van der Waals surface area contributed by atoms with Gasteiger partial charge in [-0.1, -0.05) is 24.3 Å². The second-order valence-electron chi connectivity index (χ2n) is 2.57. The maximum atomic E-state index is 9.07. The molecule has 0 aliphatic carbocycles. The first-order valence-electron chi connectivity index (χ1n) is 3.69. The number of hydrogen-bond acceptors (Lipinski definition) is 4. The number of aliphatic hydroxyl groups is 1. The summed E-state index contributed by atoms with van der Waals surface area (Å²) in [6.45, 7) is 0. The second-order valence-corrected chi connectivity index (χ2v) is 2.57. The quantitative estimate of drug-likeness (QED) is 0.396. The summed E-state index contributed by atoms with van der Waals surface area (Å²) in [5, 5.41) is 34.9. The van der Waals surface area contributed by atoms with Crippen LogP contribution in [-0.4, -0.2) is 22.3 Å². The number of rotatable bonds is 2. The molecule has 0 aliphatic rings. The fraction of sp³-hybridized carbons (Fsp3) is 0.125. The molecule has 1 aromatic rings. The number of aliphatic hydroxyl groups excluding tert-OH is 1. The third-order valence-corrected chi connectivity index (χ3v) is 1.67. The van der Waals surface area contributed by atoms with Crippen molar-refractivity contribution in [3.05, 3.63) is 29.8 Å². The summed E-state index contributed by atoms with van der Waals surface area (Å²) >= 11 is 0. The number of hydrogen-bond donors (Lipinski definition) is 3. The van der Waals surface area contributed by atoms with Gasteiger partial charge in [-0.3, -0.25) is 0 Å². The minimum absolute atomic E-state index is 0.328. The van der Waals surface area contributed by atoms with Crippen LogP contribution in [0.3, 0.4) is 0 Å². The Bertz CT molecular complexity index is 317. The average molecular weight is 177 g/mol. The molecule has 1 aromatic carbocycles. The highest BCUT2D eigenvalue weighted by atomic mass is 16.4. The molecule has 0 aromatic heterocycles. The molecule has 66 valence electrons. The Balaban J connectivity index is 2.89. The highest BCUT2D eigenvalue weighted by Gasteiger charge is 2.11. The lowest BCUT2D eigenvalue weighted by Crippen LogP contribution is -2.29. The van der Waals surface area contributed by atoms with Crippen molar-refractivity contribution in [3.63, 3.8) is 0 Å². The van der Waals surface area contributed by atoms with Gasteiger partial charge in [0, 0.05) is 0 Å². The van der Waals surface area contributed by atoms with Crippen LogP contribution >= 0.6 is 0 Å². The van der Waals surface area contributed by atoms with E-state index in [4.69, 9.17) is 20.4 Å². The number of nitriles is 1. The molecule has 5 heteroatoms. The normalized spacial score (nSPS) is 11.8. The van der Waals surface area contributed by atoms with E-state index in [1.54, 1.807) is 6.07 Å². The minimum Gasteiger partial charge on any atom is -0.423 e. The van der Waals surface area contributed by atoms with Crippen molar-refractivity contribution in [3.8, 4) is 6.07 Å². The minimum atomic E-state index is -1.52. The first-order valence-corrected chi connectivity index (χ1v) is 3.69. The molecule has 0 spiro atoms. The molecule has 0 saturated carbocycles. The Morgan fingerprint density at radius 3 is 2.15 bits per heavy atom. The van der Waals surface area contributed by atoms with Crippen molar-refractivity contribution in [2.45, 2.75) is 6.10 Å². The maximum Gasteiger partial charge on any atom is 0.488 e. The van der Waals surface area contributed by atoms with E-state index >= 15 is 0 Å². The summed E-state index contributed by atoms with van der Waals surface area (Å²) < 4.78 is 0. The number of benzene rings is 1. The Morgan fingerprint density at radius 1 is 1.23 bits per heavy atom. The first-order chi connectivity index (χ1) is 6.15. The van der Waals surface area contributed by atoms with Gasteiger partial charge in [0.2, 0.25) is 0 Å². The van der Waals surface area contributed by atoms with Crippen LogP contribution in [0.2, 0.25) is 0 Å². The van der Waals surface area contributed by atoms with Crippen molar-refractivity contribution in [2.75, 3.05) is 0 Å². The molecule has 0 aliphatic heterocycles. The number of nitrogens with zero attached hydrogens (tertiary/aromatic N) is 1. The summed E-state index contributed by atoms with van der Waals surface area (Å²) in [5.74, 6) is 0. The van der Waals surface area contributed by atoms with E-state index < -0.39 is 13.2 Å². The van der Waals surface area contributed by atoms with Crippen LogP contribution in [0.1, 0.15) is 11.7 Å². The Hall–Kier alpha value is -1.35. The van der Waals surface area contributed by atoms with Crippen molar-refractivity contribution in [1.82, 2.24) is 0 Å². The molecule has 0 heterocycles. The highest BCUT2D eigenvalue weighted by molar-refractivity contribution is 6.58. The zero-order valence-corrected chi connectivity index (χ0v) is 6.75. The molecule has 0 amide bonds. The van der Waals surface area contributed by atoms with Gasteiger partial charge in [-0.15, -0.1) is 0 Å². The largest absolute Gasteiger partial charge is 0.488 e. The standard InChI is InChI=1S/C8H8BNO3/c10-5-8(11)6-1-3-7(4-2-6)9(12)13/h1-4,8,11-13H/t8-/m0/s1. The van der Waals surface area contributed by atoms with E-state index in [1.807, 2.05) is 0 Å². The molecule has 0 unspecified atom stereocenters. The first kappa shape index (κ1) is 9.74. The summed E-state index contributed by atoms with van der Waals surface area (Å²) in [6.07, 6.45) is -1.16. The summed E-state index contributed by atoms with van der Waals surface area (Å²) in [7, 11) is -1.52. The van der Waals surface area contributed by atoms with Gasteiger partial charge in [-0.2, -0.15) is 5.26 Å². The monoisotopic (exact) mass is 177 g/mol. The van der Waals surface area contributed by atoms with E-state index in [9.17, 15) is 0 Å². The Kier molecular flexibility index (Phi) is 3.04. The van der Waals surface area contributed by atoms with Crippen LogP contribution in [0, 0.1) is 11.3 Å². The third kappa shape index (κ3) is 2.29. The van der Waals surface area contributed by atoms with Gasteiger partial charge in [0.05, 0.1) is 6.07 Å². The van der Waals surface area contributed by atoms with Crippen molar-refractivity contribution in [2.24, 2.45) is 0 Å². The van der Waals surface area contributed by atoms with Crippen LogP contribution in [0.15, 0.2) is 24.3 Å². The average Bonchev–Trinajstić information content (AvgIpc) is 2.17. The summed E-state index contributed by atoms with van der Waals surface area (Å²) in [6, 6.07) is 7.50. The van der Waals surface area contributed by atoms with Gasteiger partial charge < -0.3 is 15.2 Å². The predicted molar refractivity (Wildman–Crippen MR) is 46.8 cm³/mol. The van der Waals surface area contributed by atoms with E-state index in [1.165, 1.54) is 24.3 Å². The van der Waals surface area contributed by atoms with E-state index in [2.05, 4.69) is 0 Å². The molecule has 0 saturated heterocycles. The lowest BCUT2D eigenvalue weighted by Gasteiger charge is -2.03. The van der Waals surface area contributed by atoms with Gasteiger partial charge in [-0.05, 0) is 11.0 Å². The lowest BCUT2D eigenvalue weighted by molar-refractivity contribution is 0.236. The van der Waals surface area contributed by atoms with Crippen molar-refractivity contribution < 1.29 is 15.2 Å². The van der Waals surface area contributed by atoms with E-state index in [-0.39, 0.29) is 0 Å². The summed E-state index contributed by atoms with van der Waals surface area (Å²) in [4.78, 5) is 0. The fourth-order valence-corrected chi connectivity index (χ4v) is 0.925. The zero-order chi connectivity index (χ0) is 9.84. The molecule has 0 bridgehead atoms. The van der Waals surface area contributed by atoms with Gasteiger partial charge in [0.15, 0.2) is 6.10 Å². The maximum absolute atomic E-state index is 9.07. The molecule has 3 N–H and O–H groups in total. The van der Waals surface area contributed by atoms with Crippen LogP contribution in [0.5, 0.6) is 0 Å². The van der Waals surface area contributed by atoms with Gasteiger partial charge in [-0.25, -0.2) is 0 Å². The molecule has 4 nitrogen and oxygen atoms in total. The van der Waals surface area contributed by atoms with Crippen LogP contribution in [0.4, 0.5) is 0 Å². The molecule has 1 rings (SSSR count). The Morgan fingerprint density at radius 2 is 1.77 bits per heavy atom. The molecular formula is C8H8BNO3. The van der Waals surface area contributed by atoms with Crippen molar-refractivity contribution in [1.29, 1.82) is 5.26 Å². The molecule has 0 radical (unpaired) electrons. The fourth-order valence-electron chi connectivity index (χ4n) is 0.925. The van der Waals surface area contributed by atoms with Crippen molar-refractivity contribution >= 4 is 12.6 Å². The summed E-state index contributed by atoms with van der Waals surface area (Å²) in [5.41, 5.74) is 0.765. The second kappa shape index (κ2) is 4.05. The van der Waals surface area contributed by atoms with E-state index in [0.717, 1.165) is 0 Å². The smallest absolute Gasteiger partial charge is 0.423 e. The topological polar surface area (TPSA) is 84.5 Å². The van der Waals surface area contributed by atoms with Crippen LogP contribution < -0.4 is 5.46 Å². The Labute approximate surface area is 75.8 Å². The van der Waals surface area contributed by atoms with Gasteiger partial charge in [0.25, 0.3) is 0 Å².